The van der Waals surface area contributed by atoms with E-state index in [-0.39, 0.29) is 17.5 Å². The van der Waals surface area contributed by atoms with Crippen LogP contribution in [0.3, 0.4) is 0 Å². The van der Waals surface area contributed by atoms with Crippen LogP contribution in [0.5, 0.6) is 0 Å². The Bertz CT molecular complexity index is 688. The highest BCUT2D eigenvalue weighted by atomic mass is 32.2. The van der Waals surface area contributed by atoms with Crippen molar-refractivity contribution in [1.29, 1.82) is 0 Å². The minimum Gasteiger partial charge on any atom is -0.370 e. The average Bonchev–Trinajstić information content (AvgIpc) is 2.96. The fraction of sp³-hybridized carbons (Fsp3) is 0.611. The minimum absolute atomic E-state index is 0.0771. The van der Waals surface area contributed by atoms with E-state index in [1.807, 2.05) is 6.07 Å². The molecule has 0 saturated carbocycles. The highest BCUT2D eigenvalue weighted by Crippen LogP contribution is 2.40. The molecule has 5 nitrogen and oxygen atoms in total. The molecule has 0 aliphatic carbocycles. The van der Waals surface area contributed by atoms with Crippen molar-refractivity contribution in [2.24, 2.45) is 0 Å². The molecule has 3 rings (SSSR count). The van der Waals surface area contributed by atoms with Gasteiger partial charge in [-0.05, 0) is 51.2 Å². The first-order valence-electron chi connectivity index (χ1n) is 8.64. The van der Waals surface area contributed by atoms with Gasteiger partial charge in [0.1, 0.15) is 5.78 Å². The monoisotopic (exact) mass is 351 g/mol. The molecule has 2 atom stereocenters. The van der Waals surface area contributed by atoms with Gasteiger partial charge in [-0.15, -0.1) is 0 Å². The van der Waals surface area contributed by atoms with Crippen molar-refractivity contribution in [1.82, 2.24) is 4.31 Å². The van der Waals surface area contributed by atoms with Gasteiger partial charge in [0, 0.05) is 19.5 Å². The molecule has 1 spiro atoms. The predicted octanol–water partition coefficient (Wildman–Crippen LogP) is 2.76. The summed E-state index contributed by atoms with van der Waals surface area (Å²) in [5.74, 6) is 0.177. The Hall–Kier alpha value is -1.24. The maximum Gasteiger partial charge on any atom is 0.243 e. The molecule has 2 heterocycles. The molecule has 0 radical (unpaired) electrons. The molecular formula is C18H25NO4S. The lowest BCUT2D eigenvalue weighted by Crippen LogP contribution is -2.50. The Morgan fingerprint density at radius 3 is 2.75 bits per heavy atom. The fourth-order valence-corrected chi connectivity index (χ4v) is 5.34. The number of piperidine rings is 1. The quantitative estimate of drug-likeness (QED) is 0.818. The van der Waals surface area contributed by atoms with Crippen molar-refractivity contribution in [2.45, 2.75) is 62.0 Å². The van der Waals surface area contributed by atoms with Crippen molar-refractivity contribution in [3.05, 3.63) is 30.3 Å². The number of ether oxygens (including phenoxy) is 1. The molecule has 0 N–H and O–H groups in total. The molecule has 132 valence electrons. The third-order valence-electron chi connectivity index (χ3n) is 5.04. The van der Waals surface area contributed by atoms with Crippen molar-refractivity contribution >= 4 is 15.8 Å². The van der Waals surface area contributed by atoms with Crippen LogP contribution in [0.1, 0.15) is 45.4 Å². The van der Waals surface area contributed by atoms with E-state index < -0.39 is 10.0 Å². The van der Waals surface area contributed by atoms with Crippen molar-refractivity contribution in [3.63, 3.8) is 0 Å². The van der Waals surface area contributed by atoms with Gasteiger partial charge in [0.05, 0.1) is 16.6 Å². The highest BCUT2D eigenvalue weighted by Gasteiger charge is 2.45. The van der Waals surface area contributed by atoms with E-state index in [0.717, 1.165) is 32.1 Å². The van der Waals surface area contributed by atoms with Gasteiger partial charge in [-0.2, -0.15) is 4.31 Å². The van der Waals surface area contributed by atoms with E-state index in [2.05, 4.69) is 0 Å². The number of rotatable bonds is 5. The lowest BCUT2D eigenvalue weighted by molar-refractivity contribution is -0.118. The van der Waals surface area contributed by atoms with E-state index in [1.165, 1.54) is 0 Å². The highest BCUT2D eigenvalue weighted by molar-refractivity contribution is 7.89. The SMILES string of the molecule is CC(=O)CC[C@H]1CC[C@]2(CCCN(S(=O)(=O)c3ccccc3)C2)O1. The van der Waals surface area contributed by atoms with E-state index in [1.54, 1.807) is 35.5 Å². The number of hydrogen-bond donors (Lipinski definition) is 0. The van der Waals surface area contributed by atoms with E-state index in [4.69, 9.17) is 4.74 Å². The Balaban J connectivity index is 1.70. The molecule has 0 bridgehead atoms. The number of carbonyl (C=O) groups is 1. The van der Waals surface area contributed by atoms with Crippen LogP contribution in [0.15, 0.2) is 35.2 Å². The lowest BCUT2D eigenvalue weighted by atomic mass is 9.91. The number of sulfonamides is 1. The van der Waals surface area contributed by atoms with Crippen molar-refractivity contribution < 1.29 is 17.9 Å². The number of nitrogens with zero attached hydrogens (tertiary/aromatic N) is 1. The molecule has 0 amide bonds. The van der Waals surface area contributed by atoms with Crippen molar-refractivity contribution in [3.8, 4) is 0 Å². The summed E-state index contributed by atoms with van der Waals surface area (Å²) in [4.78, 5) is 11.5. The number of hydrogen-bond acceptors (Lipinski definition) is 4. The second-order valence-electron chi connectivity index (χ2n) is 6.96. The van der Waals surface area contributed by atoms with E-state index >= 15 is 0 Å². The first kappa shape index (κ1) is 17.6. The summed E-state index contributed by atoms with van der Waals surface area (Å²) < 4.78 is 33.5. The molecule has 2 fully saturated rings. The zero-order valence-corrected chi connectivity index (χ0v) is 14.9. The molecule has 1 aromatic rings. The first-order valence-corrected chi connectivity index (χ1v) is 10.1. The normalized spacial score (nSPS) is 28.3. The van der Waals surface area contributed by atoms with Gasteiger partial charge in [-0.3, -0.25) is 0 Å². The van der Waals surface area contributed by atoms with Gasteiger partial charge in [0.2, 0.25) is 10.0 Å². The molecule has 0 unspecified atom stereocenters. The first-order chi connectivity index (χ1) is 11.4. The largest absolute Gasteiger partial charge is 0.370 e. The second-order valence-corrected chi connectivity index (χ2v) is 8.90. The number of carbonyl (C=O) groups excluding carboxylic acids is 1. The molecule has 6 heteroatoms. The van der Waals surface area contributed by atoms with Gasteiger partial charge in [0.25, 0.3) is 0 Å². The summed E-state index contributed by atoms with van der Waals surface area (Å²) in [6, 6.07) is 8.59. The van der Waals surface area contributed by atoms with Crippen LogP contribution in [0, 0.1) is 0 Å². The number of Topliss-reactive ketones (excluding diaryl/α,β-unsaturated/α-hetero) is 1. The minimum atomic E-state index is -3.47. The Kier molecular flexibility index (Phi) is 5.08. The van der Waals surface area contributed by atoms with Crippen LogP contribution in [-0.4, -0.2) is 43.3 Å². The summed E-state index contributed by atoms with van der Waals surface area (Å²) in [7, 11) is -3.47. The standard InChI is InChI=1S/C18H25NO4S/c1-15(20)8-9-16-10-12-18(23-16)11-5-13-19(14-18)24(21,22)17-6-3-2-4-7-17/h2-4,6-7,16H,5,8-14H2,1H3/t16-,18-/m0/s1. The molecule has 2 saturated heterocycles. The summed E-state index contributed by atoms with van der Waals surface area (Å²) in [5, 5.41) is 0. The van der Waals surface area contributed by atoms with Crippen LogP contribution in [0.25, 0.3) is 0 Å². The van der Waals surface area contributed by atoms with E-state index in [9.17, 15) is 13.2 Å². The van der Waals surface area contributed by atoms with Gasteiger partial charge < -0.3 is 9.53 Å². The molecule has 2 aliphatic heterocycles. The third-order valence-corrected chi connectivity index (χ3v) is 6.90. The summed E-state index contributed by atoms with van der Waals surface area (Å²) >= 11 is 0. The van der Waals surface area contributed by atoms with Crippen LogP contribution in [-0.2, 0) is 19.6 Å². The lowest BCUT2D eigenvalue weighted by Gasteiger charge is -2.39. The number of ketones is 1. The Morgan fingerprint density at radius 1 is 1.29 bits per heavy atom. The average molecular weight is 351 g/mol. The molecule has 24 heavy (non-hydrogen) atoms. The molecule has 1 aromatic carbocycles. The maximum atomic E-state index is 12.8. The van der Waals surface area contributed by atoms with Crippen LogP contribution in [0.4, 0.5) is 0 Å². The topological polar surface area (TPSA) is 63.7 Å². The smallest absolute Gasteiger partial charge is 0.243 e. The fourth-order valence-electron chi connectivity index (χ4n) is 3.77. The second kappa shape index (κ2) is 6.94. The zero-order chi connectivity index (χ0) is 17.2. The summed E-state index contributed by atoms with van der Waals surface area (Å²) in [5.41, 5.74) is -0.373. The summed E-state index contributed by atoms with van der Waals surface area (Å²) in [6.45, 7) is 2.56. The molecule has 0 aromatic heterocycles. The van der Waals surface area contributed by atoms with Gasteiger partial charge in [-0.25, -0.2) is 8.42 Å². The van der Waals surface area contributed by atoms with Crippen LogP contribution < -0.4 is 0 Å². The Morgan fingerprint density at radius 2 is 2.04 bits per heavy atom. The van der Waals surface area contributed by atoms with Gasteiger partial charge >= 0.3 is 0 Å². The van der Waals surface area contributed by atoms with Crippen molar-refractivity contribution in [2.75, 3.05) is 13.1 Å². The molecule has 2 aliphatic rings. The van der Waals surface area contributed by atoms with Gasteiger partial charge in [-0.1, -0.05) is 18.2 Å². The third kappa shape index (κ3) is 3.71. The summed E-state index contributed by atoms with van der Waals surface area (Å²) in [6.07, 6.45) is 4.84. The van der Waals surface area contributed by atoms with E-state index in [0.29, 0.717) is 24.4 Å². The Labute approximate surface area is 144 Å². The predicted molar refractivity (Wildman–Crippen MR) is 91.2 cm³/mol. The molecular weight excluding hydrogens is 326 g/mol. The van der Waals surface area contributed by atoms with Crippen LogP contribution >= 0.6 is 0 Å². The maximum absolute atomic E-state index is 12.8. The zero-order valence-electron chi connectivity index (χ0n) is 14.1. The van der Waals surface area contributed by atoms with Crippen LogP contribution in [0.2, 0.25) is 0 Å². The van der Waals surface area contributed by atoms with Gasteiger partial charge in [0.15, 0.2) is 0 Å². The number of benzene rings is 1.